The van der Waals surface area contributed by atoms with Crippen molar-refractivity contribution in [1.82, 2.24) is 4.98 Å². The second-order valence-corrected chi connectivity index (χ2v) is 6.67. The van der Waals surface area contributed by atoms with Crippen molar-refractivity contribution >= 4 is 43.1 Å². The molecule has 1 aromatic heterocycles. The Morgan fingerprint density at radius 1 is 1.18 bits per heavy atom. The van der Waals surface area contributed by atoms with Crippen LogP contribution in [0.3, 0.4) is 0 Å². The number of benzene rings is 2. The van der Waals surface area contributed by atoms with Gasteiger partial charge in [0.2, 0.25) is 0 Å². The highest BCUT2D eigenvalue weighted by molar-refractivity contribution is 9.10. The van der Waals surface area contributed by atoms with Crippen molar-refractivity contribution in [3.63, 3.8) is 0 Å². The molecule has 0 aliphatic carbocycles. The third kappa shape index (κ3) is 3.03. The molecule has 1 N–H and O–H groups in total. The quantitative estimate of drug-likeness (QED) is 0.515. The highest BCUT2D eigenvalue weighted by atomic mass is 79.9. The molecule has 3 aromatic rings. The van der Waals surface area contributed by atoms with E-state index >= 15 is 0 Å². The van der Waals surface area contributed by atoms with Crippen LogP contribution in [-0.2, 0) is 6.42 Å². The first-order valence-electron chi connectivity index (χ1n) is 6.60. The average molecular weight is 371 g/mol. The third-order valence-electron chi connectivity index (χ3n) is 3.19. The van der Waals surface area contributed by atoms with Gasteiger partial charge in [0, 0.05) is 10.9 Å². The van der Waals surface area contributed by atoms with Gasteiger partial charge in [-0.15, -0.1) is 11.3 Å². The van der Waals surface area contributed by atoms with Crippen LogP contribution >= 0.6 is 27.3 Å². The smallest absolute Gasteiger partial charge is 0.138 e. The zero-order valence-electron chi connectivity index (χ0n) is 11.5. The van der Waals surface area contributed by atoms with E-state index in [0.29, 0.717) is 11.4 Å². The van der Waals surface area contributed by atoms with Gasteiger partial charge in [0.15, 0.2) is 0 Å². The molecule has 3 nitrogen and oxygen atoms in total. The molecule has 0 saturated heterocycles. The van der Waals surface area contributed by atoms with Crippen molar-refractivity contribution in [2.75, 3.05) is 0 Å². The standard InChI is InChI=1S/C17H11BrN2OS/c18-12-7-5-11(6-8-12)9-15(21)13(10-19)17-20-14-3-1-2-4-16(14)22-17/h1-8,21H,9H2/b15-13-. The maximum absolute atomic E-state index is 10.3. The van der Waals surface area contributed by atoms with E-state index in [0.717, 1.165) is 20.3 Å². The molecule has 0 unspecified atom stereocenters. The van der Waals surface area contributed by atoms with E-state index in [9.17, 15) is 10.4 Å². The maximum Gasteiger partial charge on any atom is 0.138 e. The van der Waals surface area contributed by atoms with Crippen LogP contribution in [0, 0.1) is 11.3 Å². The number of nitrogens with zero attached hydrogens (tertiary/aromatic N) is 2. The topological polar surface area (TPSA) is 56.9 Å². The van der Waals surface area contributed by atoms with E-state index in [1.54, 1.807) is 0 Å². The molecule has 0 fully saturated rings. The molecule has 0 spiro atoms. The summed E-state index contributed by atoms with van der Waals surface area (Å²) >= 11 is 4.79. The molecule has 5 heteroatoms. The summed E-state index contributed by atoms with van der Waals surface area (Å²) in [5.74, 6) is 0.0453. The number of hydrogen-bond donors (Lipinski definition) is 1. The number of thiazole rings is 1. The van der Waals surface area contributed by atoms with Crippen molar-refractivity contribution in [1.29, 1.82) is 5.26 Å². The molecule has 22 heavy (non-hydrogen) atoms. The minimum absolute atomic E-state index is 0.0453. The predicted molar refractivity (Wildman–Crippen MR) is 92.6 cm³/mol. The molecule has 0 amide bonds. The highest BCUT2D eigenvalue weighted by Gasteiger charge is 2.14. The number of aromatic nitrogens is 1. The number of halogens is 1. The zero-order chi connectivity index (χ0) is 15.5. The molecule has 0 saturated carbocycles. The molecule has 108 valence electrons. The Morgan fingerprint density at radius 2 is 1.91 bits per heavy atom. The van der Waals surface area contributed by atoms with E-state index < -0.39 is 0 Å². The first-order chi connectivity index (χ1) is 10.7. The van der Waals surface area contributed by atoms with Crippen LogP contribution in [0.2, 0.25) is 0 Å². The molecule has 0 bridgehead atoms. The fourth-order valence-corrected chi connectivity index (χ4v) is 3.35. The number of aliphatic hydroxyl groups is 1. The van der Waals surface area contributed by atoms with Gasteiger partial charge in [-0.3, -0.25) is 0 Å². The lowest BCUT2D eigenvalue weighted by Gasteiger charge is -2.03. The Bertz CT molecular complexity index is 858. The zero-order valence-corrected chi connectivity index (χ0v) is 13.9. The van der Waals surface area contributed by atoms with Gasteiger partial charge < -0.3 is 5.11 Å². The summed E-state index contributed by atoms with van der Waals surface area (Å²) in [6.45, 7) is 0. The summed E-state index contributed by atoms with van der Waals surface area (Å²) in [5.41, 5.74) is 2.02. The molecular weight excluding hydrogens is 360 g/mol. The molecule has 0 aliphatic heterocycles. The summed E-state index contributed by atoms with van der Waals surface area (Å²) in [4.78, 5) is 4.43. The number of hydrogen-bond acceptors (Lipinski definition) is 4. The lowest BCUT2D eigenvalue weighted by molar-refractivity contribution is 0.402. The number of para-hydroxylation sites is 1. The minimum Gasteiger partial charge on any atom is -0.510 e. The summed E-state index contributed by atoms with van der Waals surface area (Å²) in [7, 11) is 0. The van der Waals surface area contributed by atoms with Gasteiger partial charge in [-0.05, 0) is 29.8 Å². The Kier molecular flexibility index (Phi) is 4.23. The lowest BCUT2D eigenvalue weighted by atomic mass is 10.1. The van der Waals surface area contributed by atoms with Crippen LogP contribution in [-0.4, -0.2) is 10.1 Å². The number of nitriles is 1. The van der Waals surface area contributed by atoms with Crippen LogP contribution in [0.15, 0.2) is 58.8 Å². The molecule has 1 heterocycles. The van der Waals surface area contributed by atoms with Crippen LogP contribution in [0.5, 0.6) is 0 Å². The number of rotatable bonds is 3. The van der Waals surface area contributed by atoms with Crippen LogP contribution in [0.25, 0.3) is 15.8 Å². The Balaban J connectivity index is 1.97. The highest BCUT2D eigenvalue weighted by Crippen LogP contribution is 2.28. The van der Waals surface area contributed by atoms with Gasteiger partial charge in [-0.2, -0.15) is 5.26 Å². The molecule has 0 aliphatic rings. The minimum atomic E-state index is 0.0453. The fraction of sp³-hybridized carbons (Fsp3) is 0.0588. The molecular formula is C17H11BrN2OS. The predicted octanol–water partition coefficient (Wildman–Crippen LogP) is 5.09. The van der Waals surface area contributed by atoms with Crippen molar-refractivity contribution in [2.45, 2.75) is 6.42 Å². The molecule has 2 aromatic carbocycles. The maximum atomic E-state index is 10.3. The van der Waals surface area contributed by atoms with Gasteiger partial charge in [-0.25, -0.2) is 4.98 Å². The van der Waals surface area contributed by atoms with Crippen molar-refractivity contribution in [2.24, 2.45) is 0 Å². The first kappa shape index (κ1) is 14.8. The molecule has 0 atom stereocenters. The first-order valence-corrected chi connectivity index (χ1v) is 8.21. The average Bonchev–Trinajstić information content (AvgIpc) is 2.94. The van der Waals surface area contributed by atoms with E-state index in [1.165, 1.54) is 11.3 Å². The summed E-state index contributed by atoms with van der Waals surface area (Å²) in [6, 6.07) is 17.4. The number of fused-ring (bicyclic) bond motifs is 1. The number of allylic oxidation sites excluding steroid dienone is 2. The largest absolute Gasteiger partial charge is 0.510 e. The van der Waals surface area contributed by atoms with Gasteiger partial charge in [0.1, 0.15) is 22.4 Å². The van der Waals surface area contributed by atoms with E-state index in [2.05, 4.69) is 27.0 Å². The van der Waals surface area contributed by atoms with Crippen molar-refractivity contribution in [3.05, 3.63) is 69.3 Å². The Labute approximate surface area is 140 Å². The Hall–Kier alpha value is -2.16. The lowest BCUT2D eigenvalue weighted by Crippen LogP contribution is -1.94. The number of aliphatic hydroxyl groups excluding tert-OH is 1. The van der Waals surface area contributed by atoms with Gasteiger partial charge in [0.25, 0.3) is 0 Å². The second-order valence-electron chi connectivity index (χ2n) is 4.72. The Morgan fingerprint density at radius 3 is 2.59 bits per heavy atom. The monoisotopic (exact) mass is 370 g/mol. The van der Waals surface area contributed by atoms with E-state index in [1.807, 2.05) is 48.5 Å². The fourth-order valence-electron chi connectivity index (χ4n) is 2.10. The summed E-state index contributed by atoms with van der Waals surface area (Å²) in [6.07, 6.45) is 0.312. The van der Waals surface area contributed by atoms with E-state index in [-0.39, 0.29) is 11.3 Å². The SMILES string of the molecule is N#C/C(=C(/O)Cc1ccc(Br)cc1)c1nc2ccccc2s1. The van der Waals surface area contributed by atoms with Crippen LogP contribution in [0.4, 0.5) is 0 Å². The molecule has 3 rings (SSSR count). The van der Waals surface area contributed by atoms with Gasteiger partial charge >= 0.3 is 0 Å². The summed E-state index contributed by atoms with van der Waals surface area (Å²) in [5, 5.41) is 20.3. The van der Waals surface area contributed by atoms with Gasteiger partial charge in [0.05, 0.1) is 10.2 Å². The van der Waals surface area contributed by atoms with Gasteiger partial charge in [-0.1, -0.05) is 40.2 Å². The molecule has 0 radical (unpaired) electrons. The van der Waals surface area contributed by atoms with Crippen LogP contribution < -0.4 is 0 Å². The third-order valence-corrected chi connectivity index (χ3v) is 4.78. The van der Waals surface area contributed by atoms with E-state index in [4.69, 9.17) is 0 Å². The summed E-state index contributed by atoms with van der Waals surface area (Å²) < 4.78 is 1.98. The normalized spacial score (nSPS) is 12.0. The van der Waals surface area contributed by atoms with Crippen molar-refractivity contribution in [3.8, 4) is 6.07 Å². The van der Waals surface area contributed by atoms with Crippen LogP contribution in [0.1, 0.15) is 10.6 Å². The van der Waals surface area contributed by atoms with Crippen molar-refractivity contribution < 1.29 is 5.11 Å². The second kappa shape index (κ2) is 6.30.